The summed E-state index contributed by atoms with van der Waals surface area (Å²) >= 11 is 0. The van der Waals surface area contributed by atoms with Gasteiger partial charge in [-0.25, -0.2) is 4.98 Å². The molecule has 6 heteroatoms. The second-order valence-electron chi connectivity index (χ2n) is 3.13. The van der Waals surface area contributed by atoms with Gasteiger partial charge in [-0.15, -0.1) is 24.8 Å². The quantitative estimate of drug-likeness (QED) is 0.659. The summed E-state index contributed by atoms with van der Waals surface area (Å²) in [6.07, 6.45) is 5.38. The minimum atomic E-state index is 0. The average Bonchev–Trinajstić information content (AvgIpc) is 2.52. The van der Waals surface area contributed by atoms with Crippen LogP contribution in [-0.2, 0) is 11.3 Å². The summed E-state index contributed by atoms with van der Waals surface area (Å²) in [6, 6.07) is 0. The SMILES string of the molecule is CCOC(=N)CCCn1ccnc1C.Cl.Cl. The van der Waals surface area contributed by atoms with Crippen LogP contribution in [0.4, 0.5) is 0 Å². The highest BCUT2D eigenvalue weighted by Gasteiger charge is 1.99. The molecule has 0 spiro atoms. The van der Waals surface area contributed by atoms with Gasteiger partial charge in [-0.2, -0.15) is 0 Å². The Morgan fingerprint density at radius 3 is 2.69 bits per heavy atom. The lowest BCUT2D eigenvalue weighted by Gasteiger charge is -2.06. The number of halogens is 2. The highest BCUT2D eigenvalue weighted by molar-refractivity contribution is 5.85. The monoisotopic (exact) mass is 267 g/mol. The van der Waals surface area contributed by atoms with Crippen LogP contribution in [0.5, 0.6) is 0 Å². The molecule has 16 heavy (non-hydrogen) atoms. The Hall–Kier alpha value is -0.740. The van der Waals surface area contributed by atoms with Gasteiger partial charge in [0.25, 0.3) is 0 Å². The first-order valence-electron chi connectivity index (χ1n) is 4.92. The van der Waals surface area contributed by atoms with Crippen LogP contribution >= 0.6 is 24.8 Å². The van der Waals surface area contributed by atoms with E-state index in [1.165, 1.54) is 0 Å². The molecule has 0 unspecified atom stereocenters. The van der Waals surface area contributed by atoms with Crippen LogP contribution in [0.3, 0.4) is 0 Å². The number of hydrogen-bond donors (Lipinski definition) is 1. The van der Waals surface area contributed by atoms with Gasteiger partial charge in [-0.1, -0.05) is 0 Å². The molecule has 1 heterocycles. The molecule has 0 amide bonds. The molecule has 0 saturated heterocycles. The summed E-state index contributed by atoms with van der Waals surface area (Å²) in [5.74, 6) is 1.40. The Balaban J connectivity index is 0. The topological polar surface area (TPSA) is 50.9 Å². The molecule has 94 valence electrons. The average molecular weight is 268 g/mol. The number of nitrogens with zero attached hydrogens (tertiary/aromatic N) is 2. The molecule has 0 aromatic carbocycles. The molecule has 0 aliphatic heterocycles. The number of rotatable bonds is 5. The minimum Gasteiger partial charge on any atom is -0.481 e. The number of aromatic nitrogens is 2. The largest absolute Gasteiger partial charge is 0.481 e. The lowest BCUT2D eigenvalue weighted by molar-refractivity contribution is 0.312. The molecule has 4 nitrogen and oxygen atoms in total. The number of hydrogen-bond acceptors (Lipinski definition) is 3. The third-order valence-corrected chi connectivity index (χ3v) is 2.05. The van der Waals surface area contributed by atoms with Crippen LogP contribution in [0.1, 0.15) is 25.6 Å². The van der Waals surface area contributed by atoms with Gasteiger partial charge in [0.15, 0.2) is 5.90 Å². The van der Waals surface area contributed by atoms with E-state index in [1.54, 1.807) is 6.20 Å². The Morgan fingerprint density at radius 1 is 1.50 bits per heavy atom. The number of nitrogens with one attached hydrogen (secondary N) is 1. The Morgan fingerprint density at radius 2 is 2.19 bits per heavy atom. The van der Waals surface area contributed by atoms with Gasteiger partial charge in [-0.3, -0.25) is 5.41 Å². The predicted molar refractivity (Wildman–Crippen MR) is 70.0 cm³/mol. The highest BCUT2D eigenvalue weighted by atomic mass is 35.5. The molecule has 0 aliphatic carbocycles. The molecule has 1 N–H and O–H groups in total. The van der Waals surface area contributed by atoms with Gasteiger partial charge in [-0.05, 0) is 20.3 Å². The molecule has 0 bridgehead atoms. The molecule has 0 radical (unpaired) electrons. The van der Waals surface area contributed by atoms with Crippen molar-refractivity contribution in [1.29, 1.82) is 5.41 Å². The van der Waals surface area contributed by atoms with Crippen molar-refractivity contribution < 1.29 is 4.74 Å². The van der Waals surface area contributed by atoms with E-state index in [1.807, 2.05) is 20.0 Å². The van der Waals surface area contributed by atoms with Crippen LogP contribution in [0, 0.1) is 12.3 Å². The predicted octanol–water partition coefficient (Wildman–Crippen LogP) is 2.83. The fraction of sp³-hybridized carbons (Fsp3) is 0.600. The summed E-state index contributed by atoms with van der Waals surface area (Å²) in [5.41, 5.74) is 0. The van der Waals surface area contributed by atoms with E-state index in [4.69, 9.17) is 10.1 Å². The highest BCUT2D eigenvalue weighted by Crippen LogP contribution is 2.00. The minimum absolute atomic E-state index is 0. The molecule has 1 aromatic heterocycles. The Kier molecular flexibility index (Phi) is 10.5. The van der Waals surface area contributed by atoms with Crippen molar-refractivity contribution in [2.24, 2.45) is 0 Å². The van der Waals surface area contributed by atoms with Crippen LogP contribution in [-0.4, -0.2) is 22.1 Å². The van der Waals surface area contributed by atoms with E-state index in [0.717, 1.165) is 18.8 Å². The van der Waals surface area contributed by atoms with E-state index < -0.39 is 0 Å². The van der Waals surface area contributed by atoms with Gasteiger partial charge in [0.1, 0.15) is 5.82 Å². The van der Waals surface area contributed by atoms with E-state index in [2.05, 4.69) is 9.55 Å². The van der Waals surface area contributed by atoms with Gasteiger partial charge in [0.05, 0.1) is 6.61 Å². The summed E-state index contributed by atoms with van der Waals surface area (Å²) < 4.78 is 7.13. The molecule has 1 aromatic rings. The molecular weight excluding hydrogens is 249 g/mol. The summed E-state index contributed by atoms with van der Waals surface area (Å²) in [5, 5.41) is 7.42. The zero-order valence-electron chi connectivity index (χ0n) is 9.60. The van der Waals surface area contributed by atoms with Crippen molar-refractivity contribution >= 4 is 30.7 Å². The maximum atomic E-state index is 7.42. The third kappa shape index (κ3) is 5.98. The van der Waals surface area contributed by atoms with Crippen LogP contribution < -0.4 is 0 Å². The Labute approximate surface area is 109 Å². The van der Waals surface area contributed by atoms with E-state index in [9.17, 15) is 0 Å². The second kappa shape index (κ2) is 9.48. The zero-order chi connectivity index (χ0) is 10.4. The van der Waals surface area contributed by atoms with E-state index in [-0.39, 0.29) is 24.8 Å². The van der Waals surface area contributed by atoms with Crippen LogP contribution in [0.15, 0.2) is 12.4 Å². The third-order valence-electron chi connectivity index (χ3n) is 2.05. The molecule has 0 saturated carbocycles. The van der Waals surface area contributed by atoms with Crippen LogP contribution in [0.2, 0.25) is 0 Å². The van der Waals surface area contributed by atoms with Crippen molar-refractivity contribution in [3.8, 4) is 0 Å². The number of aryl methyl sites for hydroxylation is 2. The standard InChI is InChI=1S/C10H17N3O.2ClH/c1-3-14-10(11)5-4-7-13-8-6-12-9(13)2;;/h6,8,11H,3-5,7H2,1-2H3;2*1H. The lowest BCUT2D eigenvalue weighted by atomic mass is 10.3. The molecular formula is C10H19Cl2N3O. The van der Waals surface area contributed by atoms with E-state index >= 15 is 0 Å². The first-order valence-corrected chi connectivity index (χ1v) is 4.92. The van der Waals surface area contributed by atoms with Crippen molar-refractivity contribution in [2.45, 2.75) is 33.2 Å². The van der Waals surface area contributed by atoms with Crippen molar-refractivity contribution in [3.63, 3.8) is 0 Å². The maximum absolute atomic E-state index is 7.42. The fourth-order valence-electron chi connectivity index (χ4n) is 1.30. The molecule has 0 fully saturated rings. The Bertz CT molecular complexity index is 302. The van der Waals surface area contributed by atoms with Gasteiger partial charge in [0, 0.05) is 25.4 Å². The fourth-order valence-corrected chi connectivity index (χ4v) is 1.30. The first-order chi connectivity index (χ1) is 6.74. The molecule has 0 aliphatic rings. The second-order valence-corrected chi connectivity index (χ2v) is 3.13. The lowest BCUT2D eigenvalue weighted by Crippen LogP contribution is -2.06. The summed E-state index contributed by atoms with van der Waals surface area (Å²) in [4.78, 5) is 4.13. The van der Waals surface area contributed by atoms with Gasteiger partial charge < -0.3 is 9.30 Å². The summed E-state index contributed by atoms with van der Waals surface area (Å²) in [7, 11) is 0. The van der Waals surface area contributed by atoms with Gasteiger partial charge in [0.2, 0.25) is 0 Å². The zero-order valence-corrected chi connectivity index (χ0v) is 11.2. The molecule has 0 atom stereocenters. The summed E-state index contributed by atoms with van der Waals surface area (Å²) in [6.45, 7) is 5.37. The molecule has 1 rings (SSSR count). The number of ether oxygens (including phenoxy) is 1. The van der Waals surface area contributed by atoms with Crippen molar-refractivity contribution in [1.82, 2.24) is 9.55 Å². The maximum Gasteiger partial charge on any atom is 0.180 e. The van der Waals surface area contributed by atoms with Crippen molar-refractivity contribution in [2.75, 3.05) is 6.61 Å². The number of imidazole rings is 1. The first kappa shape index (κ1) is 17.6. The smallest absolute Gasteiger partial charge is 0.180 e. The van der Waals surface area contributed by atoms with Gasteiger partial charge >= 0.3 is 0 Å². The van der Waals surface area contributed by atoms with Crippen molar-refractivity contribution in [3.05, 3.63) is 18.2 Å². The normalized spacial score (nSPS) is 8.88. The van der Waals surface area contributed by atoms with Crippen LogP contribution in [0.25, 0.3) is 0 Å². The van der Waals surface area contributed by atoms with E-state index in [0.29, 0.717) is 18.9 Å².